The van der Waals surface area contributed by atoms with Gasteiger partial charge in [-0.2, -0.15) is 0 Å². The molecule has 0 bridgehead atoms. The maximum absolute atomic E-state index is 12.4. The molecular formula is C47H91NO5. The van der Waals surface area contributed by atoms with Gasteiger partial charge in [0.25, 0.3) is 0 Å². The summed E-state index contributed by atoms with van der Waals surface area (Å²) in [4.78, 5) is 24.3. The van der Waals surface area contributed by atoms with E-state index < -0.39 is 12.1 Å². The van der Waals surface area contributed by atoms with Gasteiger partial charge in [-0.25, -0.2) is 0 Å². The molecule has 0 radical (unpaired) electrons. The van der Waals surface area contributed by atoms with Crippen LogP contribution >= 0.6 is 0 Å². The number of carbonyl (C=O) groups excluding carboxylic acids is 2. The third-order valence-corrected chi connectivity index (χ3v) is 10.8. The van der Waals surface area contributed by atoms with E-state index in [1.165, 1.54) is 167 Å². The molecule has 3 N–H and O–H groups in total. The van der Waals surface area contributed by atoms with Gasteiger partial charge >= 0.3 is 5.97 Å². The molecule has 53 heavy (non-hydrogen) atoms. The second-order valence-corrected chi connectivity index (χ2v) is 16.1. The fourth-order valence-electron chi connectivity index (χ4n) is 7.16. The van der Waals surface area contributed by atoms with Gasteiger partial charge in [0, 0.05) is 12.8 Å². The van der Waals surface area contributed by atoms with Crippen molar-refractivity contribution in [2.45, 2.75) is 264 Å². The van der Waals surface area contributed by atoms with Crippen molar-refractivity contribution < 1.29 is 24.5 Å². The number of unbranched alkanes of at least 4 members (excludes halogenated alkanes) is 32. The van der Waals surface area contributed by atoms with Gasteiger partial charge in [-0.05, 0) is 32.1 Å². The molecule has 0 aromatic carbocycles. The van der Waals surface area contributed by atoms with Crippen molar-refractivity contribution in [3.63, 3.8) is 0 Å². The van der Waals surface area contributed by atoms with Crippen LogP contribution in [0.2, 0.25) is 0 Å². The second kappa shape index (κ2) is 43.3. The van der Waals surface area contributed by atoms with E-state index >= 15 is 0 Å². The Morgan fingerprint density at radius 3 is 1.28 bits per heavy atom. The Morgan fingerprint density at radius 1 is 0.509 bits per heavy atom. The first-order valence-corrected chi connectivity index (χ1v) is 23.5. The van der Waals surface area contributed by atoms with Crippen LogP contribution < -0.4 is 5.32 Å². The Labute approximate surface area is 329 Å². The van der Waals surface area contributed by atoms with Crippen molar-refractivity contribution in [2.24, 2.45) is 0 Å². The minimum Gasteiger partial charge on any atom is -0.466 e. The number of esters is 1. The number of aliphatic hydroxyl groups excluding tert-OH is 2. The van der Waals surface area contributed by atoms with Crippen molar-refractivity contribution in [3.8, 4) is 0 Å². The van der Waals surface area contributed by atoms with E-state index in [1.54, 1.807) is 6.08 Å². The minimum absolute atomic E-state index is 0.00594. The zero-order valence-electron chi connectivity index (χ0n) is 35.5. The van der Waals surface area contributed by atoms with E-state index in [1.807, 2.05) is 6.08 Å². The molecule has 0 aliphatic heterocycles. The maximum atomic E-state index is 12.4. The van der Waals surface area contributed by atoms with Crippen molar-refractivity contribution >= 4 is 11.9 Å². The first-order chi connectivity index (χ1) is 26.0. The molecule has 0 aromatic heterocycles. The minimum atomic E-state index is -0.849. The summed E-state index contributed by atoms with van der Waals surface area (Å²) >= 11 is 0. The van der Waals surface area contributed by atoms with Crippen LogP contribution in [-0.4, -0.2) is 47.4 Å². The number of amides is 1. The van der Waals surface area contributed by atoms with E-state index in [0.29, 0.717) is 19.4 Å². The molecule has 2 atom stereocenters. The van der Waals surface area contributed by atoms with Crippen LogP contribution in [0.5, 0.6) is 0 Å². The summed E-state index contributed by atoms with van der Waals surface area (Å²) in [6.07, 6.45) is 47.7. The van der Waals surface area contributed by atoms with Gasteiger partial charge in [0.15, 0.2) is 0 Å². The predicted molar refractivity (Wildman–Crippen MR) is 227 cm³/mol. The number of aliphatic hydroxyl groups is 2. The summed E-state index contributed by atoms with van der Waals surface area (Å²) < 4.78 is 5.45. The molecule has 0 aromatic rings. The molecule has 2 unspecified atom stereocenters. The highest BCUT2D eigenvalue weighted by atomic mass is 16.5. The average Bonchev–Trinajstić information content (AvgIpc) is 3.16. The van der Waals surface area contributed by atoms with Crippen molar-refractivity contribution in [1.29, 1.82) is 0 Å². The van der Waals surface area contributed by atoms with Gasteiger partial charge < -0.3 is 20.3 Å². The van der Waals surface area contributed by atoms with E-state index in [0.717, 1.165) is 57.8 Å². The lowest BCUT2D eigenvalue weighted by Gasteiger charge is -2.20. The SMILES string of the molecule is CCCCCCCCCC/C=C/C(O)C(CO)NC(=O)CCCCCCCCCCCCCCCOC(=O)CCCCCCCCCCCCCCC. The maximum Gasteiger partial charge on any atom is 0.305 e. The molecule has 314 valence electrons. The number of ether oxygens (including phenoxy) is 1. The molecule has 0 spiro atoms. The number of allylic oxidation sites excluding steroid dienone is 1. The molecule has 0 heterocycles. The average molecular weight is 750 g/mol. The van der Waals surface area contributed by atoms with E-state index in [2.05, 4.69) is 19.2 Å². The Hall–Kier alpha value is -1.40. The molecule has 1 amide bonds. The highest BCUT2D eigenvalue weighted by Gasteiger charge is 2.18. The van der Waals surface area contributed by atoms with Crippen LogP contribution in [0.25, 0.3) is 0 Å². The normalized spacial score (nSPS) is 12.8. The molecule has 0 saturated carbocycles. The molecule has 0 aliphatic rings. The van der Waals surface area contributed by atoms with Gasteiger partial charge in [0.1, 0.15) is 0 Å². The van der Waals surface area contributed by atoms with Gasteiger partial charge in [0.2, 0.25) is 5.91 Å². The largest absolute Gasteiger partial charge is 0.466 e. The number of nitrogens with one attached hydrogen (secondary N) is 1. The Kier molecular flexibility index (Phi) is 42.2. The number of carbonyl (C=O) groups is 2. The third kappa shape index (κ3) is 40.1. The summed E-state index contributed by atoms with van der Waals surface area (Å²) in [6.45, 7) is 4.85. The van der Waals surface area contributed by atoms with Crippen LogP contribution in [0.15, 0.2) is 12.2 Å². The number of hydrogen-bond acceptors (Lipinski definition) is 5. The molecule has 0 rings (SSSR count). The quantitative estimate of drug-likeness (QED) is 0.0328. The Morgan fingerprint density at radius 2 is 0.868 bits per heavy atom. The van der Waals surface area contributed by atoms with Crippen LogP contribution in [0.3, 0.4) is 0 Å². The van der Waals surface area contributed by atoms with Gasteiger partial charge in [-0.1, -0.05) is 219 Å². The Bertz CT molecular complexity index is 787. The van der Waals surface area contributed by atoms with Gasteiger partial charge in [0.05, 0.1) is 25.4 Å². The lowest BCUT2D eigenvalue weighted by molar-refractivity contribution is -0.143. The van der Waals surface area contributed by atoms with Gasteiger partial charge in [-0.15, -0.1) is 0 Å². The lowest BCUT2D eigenvalue weighted by atomic mass is 10.0. The van der Waals surface area contributed by atoms with Gasteiger partial charge in [-0.3, -0.25) is 9.59 Å². The standard InChI is InChI=1S/C47H91NO5/c1-3-5-7-9-11-13-15-17-21-25-29-33-37-41-47(52)53-42-38-34-30-26-22-19-16-18-20-24-28-32-36-40-46(51)48-44(43-49)45(50)39-35-31-27-23-14-12-10-8-6-4-2/h35,39,44-45,49-50H,3-34,36-38,40-43H2,1-2H3,(H,48,51)/b39-35+. The van der Waals surface area contributed by atoms with Crippen LogP contribution in [0.1, 0.15) is 251 Å². The predicted octanol–water partition coefficient (Wildman–Crippen LogP) is 13.4. The fourth-order valence-corrected chi connectivity index (χ4v) is 7.16. The smallest absolute Gasteiger partial charge is 0.305 e. The van der Waals surface area contributed by atoms with Crippen LogP contribution in [0.4, 0.5) is 0 Å². The van der Waals surface area contributed by atoms with Crippen molar-refractivity contribution in [1.82, 2.24) is 5.32 Å². The zero-order chi connectivity index (χ0) is 38.7. The monoisotopic (exact) mass is 750 g/mol. The highest BCUT2D eigenvalue weighted by Crippen LogP contribution is 2.15. The Balaban J connectivity index is 3.46. The fraction of sp³-hybridized carbons (Fsp3) is 0.915. The summed E-state index contributed by atoms with van der Waals surface area (Å²) in [5.41, 5.74) is 0. The topological polar surface area (TPSA) is 95.9 Å². The van der Waals surface area contributed by atoms with Crippen molar-refractivity contribution in [2.75, 3.05) is 13.2 Å². The molecule has 0 aliphatic carbocycles. The third-order valence-electron chi connectivity index (χ3n) is 10.8. The molecule has 0 saturated heterocycles. The first kappa shape index (κ1) is 51.6. The number of rotatable bonds is 43. The molecule has 6 nitrogen and oxygen atoms in total. The molecular weight excluding hydrogens is 659 g/mol. The van der Waals surface area contributed by atoms with Crippen LogP contribution in [0, 0.1) is 0 Å². The lowest BCUT2D eigenvalue weighted by Crippen LogP contribution is -2.45. The summed E-state index contributed by atoms with van der Waals surface area (Å²) in [5, 5.41) is 22.9. The van der Waals surface area contributed by atoms with E-state index in [4.69, 9.17) is 4.74 Å². The van der Waals surface area contributed by atoms with Crippen molar-refractivity contribution in [3.05, 3.63) is 12.2 Å². The highest BCUT2D eigenvalue weighted by molar-refractivity contribution is 5.76. The van der Waals surface area contributed by atoms with Crippen LogP contribution in [-0.2, 0) is 14.3 Å². The molecule has 0 fully saturated rings. The zero-order valence-corrected chi connectivity index (χ0v) is 35.5. The second-order valence-electron chi connectivity index (χ2n) is 16.1. The van der Waals surface area contributed by atoms with E-state index in [9.17, 15) is 19.8 Å². The van der Waals surface area contributed by atoms with E-state index in [-0.39, 0.29) is 18.5 Å². The molecule has 6 heteroatoms. The summed E-state index contributed by atoms with van der Waals surface area (Å²) in [7, 11) is 0. The first-order valence-electron chi connectivity index (χ1n) is 23.5. The summed E-state index contributed by atoms with van der Waals surface area (Å²) in [6, 6.07) is -0.634. The summed E-state index contributed by atoms with van der Waals surface area (Å²) in [5.74, 6) is -0.0885. The number of hydrogen-bond donors (Lipinski definition) is 3.